The minimum absolute atomic E-state index is 0.298. The van der Waals surface area contributed by atoms with Gasteiger partial charge in [0.25, 0.3) is 40.4 Å². The van der Waals surface area contributed by atoms with Gasteiger partial charge in [0, 0.05) is 5.39 Å². The van der Waals surface area contributed by atoms with E-state index in [9.17, 15) is 47.3 Å². The van der Waals surface area contributed by atoms with Crippen LogP contribution in [0, 0.1) is 0 Å². The van der Waals surface area contributed by atoms with Gasteiger partial charge in [-0.05, 0) is 41.8 Å². The van der Waals surface area contributed by atoms with E-state index in [1.54, 1.807) is 0 Å². The summed E-state index contributed by atoms with van der Waals surface area (Å²) in [5, 5.41) is -1.17. The maximum absolute atomic E-state index is 12.7. The lowest BCUT2D eigenvalue weighted by atomic mass is 10.1. The Bertz CT molecular complexity index is 1660. The summed E-state index contributed by atoms with van der Waals surface area (Å²) in [6.45, 7) is 0. The Morgan fingerprint density at radius 1 is 0.594 bits per heavy atom. The smallest absolute Gasteiger partial charge is 0.282 e. The Morgan fingerprint density at radius 3 is 1.56 bits per heavy atom. The molecule has 172 valence electrons. The second-order valence-corrected chi connectivity index (χ2v) is 12.2. The predicted molar refractivity (Wildman–Crippen MR) is 111 cm³/mol. The van der Waals surface area contributed by atoms with Crippen LogP contribution >= 0.6 is 0 Å². The second-order valence-electron chi connectivity index (χ2n) is 6.33. The van der Waals surface area contributed by atoms with Crippen LogP contribution in [0.1, 0.15) is 0 Å². The number of hydrogen-bond donors (Lipinski definition) is 4. The molecule has 0 unspecified atom stereocenters. The molecule has 0 aliphatic heterocycles. The number of sulfonamides is 1. The van der Waals surface area contributed by atoms with Gasteiger partial charge in [0.1, 0.15) is 4.90 Å². The zero-order valence-electron chi connectivity index (χ0n) is 15.4. The number of fused-ring (bicyclic) bond motifs is 1. The van der Waals surface area contributed by atoms with E-state index in [0.717, 1.165) is 0 Å². The Morgan fingerprint density at radius 2 is 1.09 bits per heavy atom. The molecule has 0 saturated heterocycles. The molecule has 0 atom stereocenters. The van der Waals surface area contributed by atoms with Gasteiger partial charge in [-0.1, -0.05) is 18.2 Å². The van der Waals surface area contributed by atoms with Crippen molar-refractivity contribution < 1.29 is 47.3 Å². The number of rotatable bonds is 6. The van der Waals surface area contributed by atoms with Gasteiger partial charge in [0.15, 0.2) is 0 Å². The van der Waals surface area contributed by atoms with Crippen molar-refractivity contribution in [2.24, 2.45) is 0 Å². The van der Waals surface area contributed by atoms with Gasteiger partial charge in [-0.2, -0.15) is 25.3 Å². The van der Waals surface area contributed by atoms with Crippen LogP contribution < -0.4 is 4.72 Å². The van der Waals surface area contributed by atoms with E-state index in [-0.39, 0.29) is 4.90 Å². The Balaban J connectivity index is 2.48. The highest BCUT2D eigenvalue weighted by Gasteiger charge is 2.26. The summed E-state index contributed by atoms with van der Waals surface area (Å²) in [5.74, 6) is 0. The zero-order valence-corrected chi connectivity index (χ0v) is 18.7. The van der Waals surface area contributed by atoms with Crippen molar-refractivity contribution in [2.75, 3.05) is 4.72 Å². The molecule has 3 aromatic rings. The molecular weight excluding hydrogens is 510 g/mol. The molecule has 4 N–H and O–H groups in total. The van der Waals surface area contributed by atoms with Gasteiger partial charge in [-0.25, -0.2) is 8.42 Å². The molecule has 3 aromatic carbocycles. The second kappa shape index (κ2) is 7.77. The van der Waals surface area contributed by atoms with E-state index in [2.05, 4.69) is 0 Å². The molecule has 16 heteroatoms. The molecule has 32 heavy (non-hydrogen) atoms. The fourth-order valence-corrected chi connectivity index (χ4v) is 5.81. The van der Waals surface area contributed by atoms with E-state index in [1.807, 2.05) is 4.72 Å². The van der Waals surface area contributed by atoms with Crippen molar-refractivity contribution in [3.63, 3.8) is 0 Å². The molecule has 0 spiro atoms. The average molecular weight is 524 g/mol. The summed E-state index contributed by atoms with van der Waals surface area (Å²) in [6, 6.07) is 8.84. The first-order valence-electron chi connectivity index (χ1n) is 8.12. The van der Waals surface area contributed by atoms with E-state index in [0.29, 0.717) is 24.3 Å². The maximum Gasteiger partial charge on any atom is 0.295 e. The Labute approximate surface area is 182 Å². The molecule has 3 rings (SSSR count). The van der Waals surface area contributed by atoms with Crippen LogP contribution in [-0.4, -0.2) is 47.3 Å². The molecule has 0 radical (unpaired) electrons. The van der Waals surface area contributed by atoms with E-state index in [1.165, 1.54) is 30.3 Å². The van der Waals surface area contributed by atoms with Gasteiger partial charge >= 0.3 is 0 Å². The first-order chi connectivity index (χ1) is 14.5. The van der Waals surface area contributed by atoms with Crippen molar-refractivity contribution in [2.45, 2.75) is 19.6 Å². The number of hydrogen-bond acceptors (Lipinski definition) is 8. The lowest BCUT2D eigenvalue weighted by Gasteiger charge is -2.15. The van der Waals surface area contributed by atoms with Gasteiger partial charge in [-0.15, -0.1) is 0 Å². The maximum atomic E-state index is 12.7. The van der Waals surface area contributed by atoms with Crippen LogP contribution in [0.15, 0.2) is 74.2 Å². The lowest BCUT2D eigenvalue weighted by molar-refractivity contribution is 0.480. The van der Waals surface area contributed by atoms with Gasteiger partial charge in [-0.3, -0.25) is 18.4 Å². The molecule has 0 saturated carbocycles. The first kappa shape index (κ1) is 24.1. The third-order valence-corrected chi connectivity index (χ3v) is 8.05. The SMILES string of the molecule is O=S(=O)(O)c1cc(NS(=O)(=O)c2ccccc2)c2c(S(=O)(=O)O)cc(S(=O)(=O)O)cc2c1. The van der Waals surface area contributed by atoms with Gasteiger partial charge in [0.05, 0.1) is 20.4 Å². The monoisotopic (exact) mass is 523 g/mol. The molecule has 0 aromatic heterocycles. The van der Waals surface area contributed by atoms with E-state index >= 15 is 0 Å². The van der Waals surface area contributed by atoms with Crippen LogP contribution in [0.2, 0.25) is 0 Å². The summed E-state index contributed by atoms with van der Waals surface area (Å²) in [5.41, 5.74) is -0.714. The molecule has 0 heterocycles. The molecule has 0 aliphatic rings. The highest BCUT2D eigenvalue weighted by atomic mass is 32.2. The number of anilines is 1. The Kier molecular flexibility index (Phi) is 5.84. The standard InChI is InChI=1S/C16H13NO11S4/c18-29(19,11-4-2-1-3-5-11)17-14-8-12(30(20,21)22)6-10-7-13(31(23,24)25)9-15(16(10)14)32(26,27)28/h1-9,17H,(H,20,21,22)(H,23,24,25)(H,26,27,28). The number of benzene rings is 3. The van der Waals surface area contributed by atoms with Crippen molar-refractivity contribution in [3.05, 3.63) is 54.6 Å². The van der Waals surface area contributed by atoms with Crippen LogP contribution in [0.25, 0.3) is 10.8 Å². The van der Waals surface area contributed by atoms with E-state index < -0.39 is 71.5 Å². The van der Waals surface area contributed by atoms with E-state index in [4.69, 9.17) is 0 Å². The lowest BCUT2D eigenvalue weighted by Crippen LogP contribution is -2.15. The normalized spacial score (nSPS) is 13.2. The Hall–Kier alpha value is -2.60. The predicted octanol–water partition coefficient (Wildman–Crippen LogP) is 1.38. The average Bonchev–Trinajstić information content (AvgIpc) is 2.65. The van der Waals surface area contributed by atoms with Crippen molar-refractivity contribution in [3.8, 4) is 0 Å². The third-order valence-electron chi connectivity index (χ3n) is 4.13. The summed E-state index contributed by atoms with van der Waals surface area (Å²) < 4.78 is 126. The summed E-state index contributed by atoms with van der Waals surface area (Å²) in [4.78, 5) is -3.41. The highest BCUT2D eigenvalue weighted by Crippen LogP contribution is 2.36. The minimum Gasteiger partial charge on any atom is -0.282 e. The van der Waals surface area contributed by atoms with Crippen molar-refractivity contribution in [1.29, 1.82) is 0 Å². The molecule has 0 fully saturated rings. The zero-order chi connectivity index (χ0) is 24.1. The van der Waals surface area contributed by atoms with Crippen molar-refractivity contribution >= 4 is 56.8 Å². The van der Waals surface area contributed by atoms with Crippen LogP contribution in [0.5, 0.6) is 0 Å². The fourth-order valence-electron chi connectivity index (χ4n) is 2.81. The molecular formula is C16H13NO11S4. The summed E-state index contributed by atoms with van der Waals surface area (Å²) in [6.07, 6.45) is 0. The largest absolute Gasteiger partial charge is 0.295 e. The van der Waals surface area contributed by atoms with Crippen LogP contribution in [-0.2, 0) is 40.4 Å². The highest BCUT2D eigenvalue weighted by molar-refractivity contribution is 7.92. The topological polar surface area (TPSA) is 209 Å². The van der Waals surface area contributed by atoms with Gasteiger partial charge < -0.3 is 0 Å². The molecule has 0 amide bonds. The molecule has 0 aliphatic carbocycles. The van der Waals surface area contributed by atoms with Crippen LogP contribution in [0.3, 0.4) is 0 Å². The summed E-state index contributed by atoms with van der Waals surface area (Å²) in [7, 11) is -19.7. The van der Waals surface area contributed by atoms with Crippen LogP contribution in [0.4, 0.5) is 5.69 Å². The number of nitrogens with one attached hydrogen (secondary N) is 1. The summed E-state index contributed by atoms with van der Waals surface area (Å²) >= 11 is 0. The molecule has 12 nitrogen and oxygen atoms in total. The quantitative estimate of drug-likeness (QED) is 0.339. The first-order valence-corrected chi connectivity index (χ1v) is 13.9. The third kappa shape index (κ3) is 4.90. The molecule has 0 bridgehead atoms. The fraction of sp³-hybridized carbons (Fsp3) is 0. The van der Waals surface area contributed by atoms with Crippen molar-refractivity contribution in [1.82, 2.24) is 0 Å². The minimum atomic E-state index is -5.23. The van der Waals surface area contributed by atoms with Gasteiger partial charge in [0.2, 0.25) is 0 Å².